The fourth-order valence-electron chi connectivity index (χ4n) is 0.803. The first-order valence-electron chi connectivity index (χ1n) is 3.05. The fraction of sp³-hybridized carbons (Fsp3) is 0.429. The smallest absolute Gasteiger partial charge is 0.00373 e. The van der Waals surface area contributed by atoms with Gasteiger partial charge in [-0.05, 0) is 18.1 Å². The molecule has 0 radical (unpaired) electrons. The number of aromatic amines is 1. The molecule has 0 saturated carbocycles. The summed E-state index contributed by atoms with van der Waals surface area (Å²) in [4.78, 5) is 3.01. The number of nitrogens with one attached hydrogen (secondary N) is 1. The molecule has 0 atom stereocenters. The molecule has 44 valence electrons. The summed E-state index contributed by atoms with van der Waals surface area (Å²) < 4.78 is 0. The minimum atomic E-state index is 1.20. The van der Waals surface area contributed by atoms with Crippen molar-refractivity contribution in [1.82, 2.24) is 4.98 Å². The number of aromatic nitrogens is 1. The van der Waals surface area contributed by atoms with E-state index in [0.29, 0.717) is 0 Å². The molecule has 8 heavy (non-hydrogen) atoms. The third-order valence-corrected chi connectivity index (χ3v) is 1.20. The zero-order valence-electron chi connectivity index (χ0n) is 5.15. The van der Waals surface area contributed by atoms with Crippen LogP contribution in [0.1, 0.15) is 18.9 Å². The molecule has 1 aromatic heterocycles. The van der Waals surface area contributed by atoms with Gasteiger partial charge in [-0.2, -0.15) is 0 Å². The highest BCUT2D eigenvalue weighted by molar-refractivity contribution is 5.07. The normalized spacial score (nSPS) is 9.62. The fourth-order valence-corrected chi connectivity index (χ4v) is 0.803. The van der Waals surface area contributed by atoms with Crippen molar-refractivity contribution in [2.75, 3.05) is 0 Å². The summed E-state index contributed by atoms with van der Waals surface area (Å²) in [6.45, 7) is 2.19. The molecule has 1 aromatic rings. The molecule has 0 bridgehead atoms. The molecule has 1 nitrogen and oxygen atoms in total. The van der Waals surface area contributed by atoms with Gasteiger partial charge in [0.25, 0.3) is 0 Å². The lowest BCUT2D eigenvalue weighted by molar-refractivity contribution is 0.923. The Morgan fingerprint density at radius 2 is 2.50 bits per heavy atom. The van der Waals surface area contributed by atoms with Crippen molar-refractivity contribution in [2.24, 2.45) is 0 Å². The lowest BCUT2D eigenvalue weighted by atomic mass is 10.2. The monoisotopic (exact) mass is 109 g/mol. The molecule has 0 aromatic carbocycles. The van der Waals surface area contributed by atoms with Crippen LogP contribution < -0.4 is 0 Å². The van der Waals surface area contributed by atoms with Gasteiger partial charge < -0.3 is 4.98 Å². The van der Waals surface area contributed by atoms with Crippen LogP contribution in [0.3, 0.4) is 0 Å². The molecular weight excluding hydrogens is 98.1 g/mol. The second-order valence-electron chi connectivity index (χ2n) is 1.97. The van der Waals surface area contributed by atoms with E-state index in [9.17, 15) is 0 Å². The van der Waals surface area contributed by atoms with E-state index in [1.807, 2.05) is 12.4 Å². The van der Waals surface area contributed by atoms with Crippen LogP contribution >= 0.6 is 0 Å². The minimum absolute atomic E-state index is 1.20. The minimum Gasteiger partial charge on any atom is -0.367 e. The second kappa shape index (κ2) is 2.55. The van der Waals surface area contributed by atoms with E-state index in [1.165, 1.54) is 18.4 Å². The highest BCUT2D eigenvalue weighted by Crippen LogP contribution is 1.98. The SMILES string of the molecule is CCCc1cc[nH]c1. The summed E-state index contributed by atoms with van der Waals surface area (Å²) in [5.41, 5.74) is 1.41. The summed E-state index contributed by atoms with van der Waals surface area (Å²) in [5, 5.41) is 0. The third kappa shape index (κ3) is 1.12. The van der Waals surface area contributed by atoms with Crippen molar-refractivity contribution < 1.29 is 0 Å². The summed E-state index contributed by atoms with van der Waals surface area (Å²) in [7, 11) is 0. The van der Waals surface area contributed by atoms with Crippen LogP contribution in [0.15, 0.2) is 18.5 Å². The first-order chi connectivity index (χ1) is 3.93. The van der Waals surface area contributed by atoms with E-state index >= 15 is 0 Å². The molecule has 0 aliphatic carbocycles. The first kappa shape index (κ1) is 5.42. The lowest BCUT2D eigenvalue weighted by Gasteiger charge is -1.86. The van der Waals surface area contributed by atoms with Gasteiger partial charge in [-0.3, -0.25) is 0 Å². The highest BCUT2D eigenvalue weighted by Gasteiger charge is 1.85. The van der Waals surface area contributed by atoms with Crippen LogP contribution in [0.2, 0.25) is 0 Å². The number of hydrogen-bond acceptors (Lipinski definition) is 0. The van der Waals surface area contributed by atoms with Gasteiger partial charge >= 0.3 is 0 Å². The molecule has 0 amide bonds. The zero-order chi connectivity index (χ0) is 5.82. The summed E-state index contributed by atoms with van der Waals surface area (Å²) in [5.74, 6) is 0. The van der Waals surface area contributed by atoms with Gasteiger partial charge in [-0.15, -0.1) is 0 Å². The molecular formula is C7H11N. The molecule has 1 N–H and O–H groups in total. The quantitative estimate of drug-likeness (QED) is 0.597. The Labute approximate surface area is 49.7 Å². The predicted molar refractivity (Wildman–Crippen MR) is 34.8 cm³/mol. The Morgan fingerprint density at radius 3 is 3.00 bits per heavy atom. The van der Waals surface area contributed by atoms with Crippen LogP contribution in [0.4, 0.5) is 0 Å². The Kier molecular flexibility index (Phi) is 1.73. The molecule has 0 saturated heterocycles. The maximum Gasteiger partial charge on any atom is 0.00373 e. The number of hydrogen-bond donors (Lipinski definition) is 1. The number of H-pyrrole nitrogens is 1. The van der Waals surface area contributed by atoms with Crippen LogP contribution in [0.25, 0.3) is 0 Å². The van der Waals surface area contributed by atoms with Crippen molar-refractivity contribution >= 4 is 0 Å². The number of rotatable bonds is 2. The van der Waals surface area contributed by atoms with Crippen molar-refractivity contribution in [3.05, 3.63) is 24.0 Å². The van der Waals surface area contributed by atoms with Crippen LogP contribution in [-0.4, -0.2) is 4.98 Å². The standard InChI is InChI=1S/C7H11N/c1-2-3-7-4-5-8-6-7/h4-6,8H,2-3H2,1H3. The molecule has 0 fully saturated rings. The second-order valence-corrected chi connectivity index (χ2v) is 1.97. The van der Waals surface area contributed by atoms with Crippen LogP contribution in [-0.2, 0) is 6.42 Å². The van der Waals surface area contributed by atoms with Gasteiger partial charge in [-0.25, -0.2) is 0 Å². The van der Waals surface area contributed by atoms with Gasteiger partial charge in [-0.1, -0.05) is 13.3 Å². The van der Waals surface area contributed by atoms with E-state index in [1.54, 1.807) is 0 Å². The molecule has 1 heteroatoms. The van der Waals surface area contributed by atoms with Crippen LogP contribution in [0.5, 0.6) is 0 Å². The molecule has 0 aliphatic rings. The molecule has 1 heterocycles. The van der Waals surface area contributed by atoms with E-state index in [2.05, 4.69) is 18.0 Å². The highest BCUT2D eigenvalue weighted by atomic mass is 14.6. The van der Waals surface area contributed by atoms with Crippen molar-refractivity contribution in [2.45, 2.75) is 19.8 Å². The van der Waals surface area contributed by atoms with Crippen molar-refractivity contribution in [1.29, 1.82) is 0 Å². The van der Waals surface area contributed by atoms with Gasteiger partial charge in [0.2, 0.25) is 0 Å². The lowest BCUT2D eigenvalue weighted by Crippen LogP contribution is -1.74. The maximum absolute atomic E-state index is 3.01. The van der Waals surface area contributed by atoms with Gasteiger partial charge in [0, 0.05) is 12.4 Å². The Hall–Kier alpha value is -0.720. The number of aryl methyl sites for hydroxylation is 1. The average Bonchev–Trinajstić information content (AvgIpc) is 2.19. The van der Waals surface area contributed by atoms with E-state index in [0.717, 1.165) is 0 Å². The Balaban J connectivity index is 2.50. The third-order valence-electron chi connectivity index (χ3n) is 1.20. The van der Waals surface area contributed by atoms with Crippen molar-refractivity contribution in [3.8, 4) is 0 Å². The maximum atomic E-state index is 3.01. The van der Waals surface area contributed by atoms with Gasteiger partial charge in [0.15, 0.2) is 0 Å². The van der Waals surface area contributed by atoms with Crippen molar-refractivity contribution in [3.63, 3.8) is 0 Å². The topological polar surface area (TPSA) is 15.8 Å². The van der Waals surface area contributed by atoms with E-state index < -0.39 is 0 Å². The summed E-state index contributed by atoms with van der Waals surface area (Å²) >= 11 is 0. The zero-order valence-corrected chi connectivity index (χ0v) is 5.15. The molecule has 0 aliphatic heterocycles. The molecule has 1 rings (SSSR count). The largest absolute Gasteiger partial charge is 0.367 e. The molecule has 0 spiro atoms. The summed E-state index contributed by atoms with van der Waals surface area (Å²) in [6, 6.07) is 2.11. The molecule has 0 unspecified atom stereocenters. The van der Waals surface area contributed by atoms with Gasteiger partial charge in [0.05, 0.1) is 0 Å². The average molecular weight is 109 g/mol. The van der Waals surface area contributed by atoms with E-state index in [-0.39, 0.29) is 0 Å². The Morgan fingerprint density at radius 1 is 1.62 bits per heavy atom. The van der Waals surface area contributed by atoms with Gasteiger partial charge in [0.1, 0.15) is 0 Å². The van der Waals surface area contributed by atoms with Crippen LogP contribution in [0, 0.1) is 0 Å². The Bertz CT molecular complexity index is 130. The first-order valence-corrected chi connectivity index (χ1v) is 3.05. The summed E-state index contributed by atoms with van der Waals surface area (Å²) in [6.07, 6.45) is 6.44. The predicted octanol–water partition coefficient (Wildman–Crippen LogP) is 1.97. The van der Waals surface area contributed by atoms with E-state index in [4.69, 9.17) is 0 Å².